The molecule has 3 aliphatic carbocycles. The van der Waals surface area contributed by atoms with Gasteiger partial charge in [-0.05, 0) is 58.8 Å². The second-order valence-electron chi connectivity index (χ2n) is 14.8. The number of aromatic nitrogens is 1. The molecule has 0 bridgehead atoms. The molecule has 1 aromatic heterocycles. The highest BCUT2D eigenvalue weighted by atomic mass is 16.3. The molecule has 2 aromatic carbocycles. The van der Waals surface area contributed by atoms with Crippen molar-refractivity contribution in [2.75, 3.05) is 6.54 Å². The predicted molar refractivity (Wildman–Crippen MR) is 176 cm³/mol. The zero-order valence-corrected chi connectivity index (χ0v) is 27.0. The van der Waals surface area contributed by atoms with Gasteiger partial charge in [0.25, 0.3) is 0 Å². The van der Waals surface area contributed by atoms with E-state index in [4.69, 9.17) is 0 Å². The molecule has 4 aliphatic rings. The van der Waals surface area contributed by atoms with Crippen LogP contribution < -0.4 is 5.11 Å². The number of carbonyl (C=O) groups excluding carboxylic acids is 1. The topological polar surface area (TPSA) is 48.1 Å². The quantitative estimate of drug-likeness (QED) is 0.219. The van der Waals surface area contributed by atoms with Crippen LogP contribution in [0.15, 0.2) is 95.4 Å². The highest BCUT2D eigenvalue weighted by molar-refractivity contribution is 6.39. The van der Waals surface area contributed by atoms with Gasteiger partial charge in [-0.25, -0.2) is 0 Å². The number of ketones is 1. The van der Waals surface area contributed by atoms with Crippen molar-refractivity contribution >= 4 is 17.1 Å². The Morgan fingerprint density at radius 1 is 0.841 bits per heavy atom. The predicted octanol–water partition coefficient (Wildman–Crippen LogP) is 7.13. The minimum atomic E-state index is -0.0970. The number of fused-ring (bicyclic) bond motifs is 2. The maximum atomic E-state index is 14.2. The van der Waals surface area contributed by atoms with Gasteiger partial charge in [0.1, 0.15) is 0 Å². The monoisotopic (exact) mass is 584 g/mol. The Morgan fingerprint density at radius 3 is 2.09 bits per heavy atom. The van der Waals surface area contributed by atoms with Crippen molar-refractivity contribution < 1.29 is 14.5 Å². The summed E-state index contributed by atoms with van der Waals surface area (Å²) in [6.07, 6.45) is 6.04. The van der Waals surface area contributed by atoms with Crippen molar-refractivity contribution in [2.45, 2.75) is 85.1 Å². The molecular weight excluding hydrogens is 540 g/mol. The minimum absolute atomic E-state index is 0.0130. The fourth-order valence-corrected chi connectivity index (χ4v) is 8.75. The molecule has 3 aromatic rings. The molecule has 0 N–H and O–H groups in total. The summed E-state index contributed by atoms with van der Waals surface area (Å²) in [5.41, 5.74) is 10.1. The lowest BCUT2D eigenvalue weighted by Crippen LogP contribution is -2.34. The second-order valence-corrected chi connectivity index (χ2v) is 14.8. The first-order chi connectivity index (χ1) is 21.0. The molecule has 1 fully saturated rings. The van der Waals surface area contributed by atoms with Gasteiger partial charge in [0.15, 0.2) is 12.3 Å². The smallest absolute Gasteiger partial charge is 0.216 e. The summed E-state index contributed by atoms with van der Waals surface area (Å²) in [4.78, 5) is 14.2. The second kappa shape index (κ2) is 10.3. The Bertz CT molecular complexity index is 1790. The molecule has 2 heterocycles. The third-order valence-corrected chi connectivity index (χ3v) is 10.7. The summed E-state index contributed by atoms with van der Waals surface area (Å²) in [6, 6.07) is 23.2. The number of Topliss-reactive ketones (excluding diaryl/α,β-unsaturated/α-hetero) is 1. The van der Waals surface area contributed by atoms with E-state index in [0.29, 0.717) is 23.0 Å². The Kier molecular flexibility index (Phi) is 6.77. The van der Waals surface area contributed by atoms with E-state index in [1.807, 2.05) is 12.1 Å². The molecule has 0 amide bonds. The van der Waals surface area contributed by atoms with E-state index in [9.17, 15) is 9.90 Å². The third kappa shape index (κ3) is 4.48. The summed E-state index contributed by atoms with van der Waals surface area (Å²) in [7, 11) is 0. The lowest BCUT2D eigenvalue weighted by Gasteiger charge is -2.31. The van der Waals surface area contributed by atoms with Crippen LogP contribution >= 0.6 is 0 Å². The largest absolute Gasteiger partial charge is 0.871 e. The van der Waals surface area contributed by atoms with Crippen LogP contribution in [0.5, 0.6) is 0 Å². The van der Waals surface area contributed by atoms with Crippen molar-refractivity contribution in [3.8, 4) is 0 Å². The number of hydrogen-bond acceptors (Lipinski definition) is 2. The van der Waals surface area contributed by atoms with Gasteiger partial charge < -0.3 is 9.67 Å². The van der Waals surface area contributed by atoms with Crippen molar-refractivity contribution in [3.63, 3.8) is 0 Å². The van der Waals surface area contributed by atoms with E-state index in [1.54, 1.807) is 0 Å². The molecule has 226 valence electrons. The van der Waals surface area contributed by atoms with Gasteiger partial charge >= 0.3 is 0 Å². The number of hydrogen-bond donors (Lipinski definition) is 0. The number of aryl methyl sites for hydroxylation is 1. The lowest BCUT2D eigenvalue weighted by molar-refractivity contribution is -0.471. The van der Waals surface area contributed by atoms with Crippen LogP contribution in [0.2, 0.25) is 0 Å². The van der Waals surface area contributed by atoms with Gasteiger partial charge in [-0.1, -0.05) is 108 Å². The fraction of sp³-hybridized carbons (Fsp3) is 0.400. The standard InChI is InChI=1S/C40H44N2O2/c1-25-23-39(3,4)29-21-31(41(35(25)29)19-17-27-13-9-7-10-14-27)33-37(43)34(38(33)44)32-22-30-36(26(2)24-40(30,5)6)42(32)20-18-28-15-11-8-12-16-28/h7-16,21-22,25-26H,17-20,23-24H2,1-6H3. The number of benzene rings is 2. The Morgan fingerprint density at radius 2 is 1.45 bits per heavy atom. The normalized spacial score (nSPS) is 25.0. The highest BCUT2D eigenvalue weighted by Crippen LogP contribution is 2.51. The molecule has 7 rings (SSSR count). The van der Waals surface area contributed by atoms with Gasteiger partial charge in [0.2, 0.25) is 11.5 Å². The van der Waals surface area contributed by atoms with Crippen LogP contribution in [0.25, 0.3) is 5.57 Å². The average Bonchev–Trinajstić information content (AvgIpc) is 3.67. The maximum Gasteiger partial charge on any atom is 0.216 e. The highest BCUT2D eigenvalue weighted by Gasteiger charge is 2.51. The van der Waals surface area contributed by atoms with Crippen LogP contribution in [-0.4, -0.2) is 27.2 Å². The zero-order valence-electron chi connectivity index (χ0n) is 27.0. The van der Waals surface area contributed by atoms with E-state index in [1.165, 1.54) is 33.7 Å². The lowest BCUT2D eigenvalue weighted by atomic mass is 9.81. The molecule has 0 saturated heterocycles. The molecule has 0 spiro atoms. The molecule has 2 atom stereocenters. The van der Waals surface area contributed by atoms with E-state index in [-0.39, 0.29) is 22.4 Å². The summed E-state index contributed by atoms with van der Waals surface area (Å²) in [6.45, 7) is 15.2. The summed E-state index contributed by atoms with van der Waals surface area (Å²) in [5, 5.41) is 14.2. The van der Waals surface area contributed by atoms with Crippen molar-refractivity contribution in [2.24, 2.45) is 11.3 Å². The van der Waals surface area contributed by atoms with E-state index < -0.39 is 0 Å². The van der Waals surface area contributed by atoms with Gasteiger partial charge in [0.05, 0.1) is 11.3 Å². The number of nitrogens with zero attached hydrogens (tertiary/aromatic N) is 2. The number of rotatable bonds is 7. The van der Waals surface area contributed by atoms with Crippen molar-refractivity contribution in [1.29, 1.82) is 0 Å². The first-order valence-electron chi connectivity index (χ1n) is 16.4. The van der Waals surface area contributed by atoms with Crippen molar-refractivity contribution in [1.82, 2.24) is 4.57 Å². The number of carbonyl (C=O) groups is 1. The molecule has 4 nitrogen and oxygen atoms in total. The van der Waals surface area contributed by atoms with Crippen LogP contribution in [-0.2, 0) is 29.6 Å². The molecule has 1 saturated carbocycles. The minimum Gasteiger partial charge on any atom is -0.871 e. The average molecular weight is 585 g/mol. The first kappa shape index (κ1) is 28.8. The van der Waals surface area contributed by atoms with Gasteiger partial charge in [0, 0.05) is 41.8 Å². The maximum absolute atomic E-state index is 14.2. The third-order valence-electron chi connectivity index (χ3n) is 10.7. The van der Waals surface area contributed by atoms with E-state index in [0.717, 1.165) is 50.2 Å². The SMILES string of the molecule is CC1CC(C)(C)C2=C/C(=C3/C(=O)C(c4cc5c(n4CCc4ccccc4)C(C)CC5(C)C)=C3[O-])[N+](CCc3ccccc3)=C21. The van der Waals surface area contributed by atoms with E-state index in [2.05, 4.69) is 111 Å². The Labute approximate surface area is 262 Å². The first-order valence-corrected chi connectivity index (χ1v) is 16.4. The van der Waals surface area contributed by atoms with Gasteiger partial charge in [-0.3, -0.25) is 4.79 Å². The molecule has 2 unspecified atom stereocenters. The summed E-state index contributed by atoms with van der Waals surface area (Å²) >= 11 is 0. The van der Waals surface area contributed by atoms with Gasteiger partial charge in [-0.15, -0.1) is 0 Å². The van der Waals surface area contributed by atoms with E-state index >= 15 is 0 Å². The molecule has 1 aliphatic heterocycles. The number of allylic oxidation sites excluding steroid dienone is 4. The summed E-state index contributed by atoms with van der Waals surface area (Å²) < 4.78 is 4.62. The molecular formula is C40H44N2O2. The molecule has 0 radical (unpaired) electrons. The Balaban J connectivity index is 1.33. The molecule has 4 heteroatoms. The van der Waals surface area contributed by atoms with Crippen LogP contribution in [0.1, 0.15) is 88.4 Å². The van der Waals surface area contributed by atoms with Gasteiger partial charge in [-0.2, -0.15) is 4.58 Å². The summed E-state index contributed by atoms with van der Waals surface area (Å²) in [5.74, 6) is 0.557. The van der Waals surface area contributed by atoms with Crippen molar-refractivity contribution in [3.05, 3.63) is 123 Å². The zero-order chi connectivity index (χ0) is 31.0. The van der Waals surface area contributed by atoms with Crippen LogP contribution in [0.4, 0.5) is 0 Å². The molecule has 44 heavy (non-hydrogen) atoms. The van der Waals surface area contributed by atoms with Crippen LogP contribution in [0.3, 0.4) is 0 Å². The fourth-order valence-electron chi connectivity index (χ4n) is 8.75. The van der Waals surface area contributed by atoms with Crippen LogP contribution in [0, 0.1) is 11.3 Å². The Hall–Kier alpha value is -3.92.